The molecule has 0 aliphatic carbocycles. The first-order chi connectivity index (χ1) is 8.16. The number of hydrogen-bond acceptors (Lipinski definition) is 2. The van der Waals surface area contributed by atoms with Gasteiger partial charge in [-0.05, 0) is 23.6 Å². The van der Waals surface area contributed by atoms with Gasteiger partial charge in [0.1, 0.15) is 5.69 Å². The van der Waals surface area contributed by atoms with E-state index in [1.165, 1.54) is 11.9 Å². The maximum absolute atomic E-state index is 11.8. The van der Waals surface area contributed by atoms with E-state index in [0.29, 0.717) is 11.6 Å². The van der Waals surface area contributed by atoms with Crippen molar-refractivity contribution >= 4 is 11.6 Å². The van der Waals surface area contributed by atoms with E-state index in [1.54, 1.807) is 6.20 Å². The Bertz CT molecular complexity index is 503. The van der Waals surface area contributed by atoms with Crippen LogP contribution in [-0.4, -0.2) is 15.9 Å². The number of aromatic nitrogens is 2. The van der Waals surface area contributed by atoms with E-state index >= 15 is 0 Å². The average molecular weight is 229 g/mol. The second-order valence-corrected chi connectivity index (χ2v) is 4.19. The highest BCUT2D eigenvalue weighted by atomic mass is 16.1. The zero-order valence-electron chi connectivity index (χ0n) is 9.90. The van der Waals surface area contributed by atoms with E-state index in [2.05, 4.69) is 35.2 Å². The van der Waals surface area contributed by atoms with Gasteiger partial charge in [-0.3, -0.25) is 4.79 Å². The average Bonchev–Trinajstić information content (AvgIpc) is 2.82. The Kier molecular flexibility index (Phi) is 3.23. The summed E-state index contributed by atoms with van der Waals surface area (Å²) in [6.45, 7) is 4.24. The molecule has 0 aliphatic rings. The lowest BCUT2D eigenvalue weighted by Gasteiger charge is -2.08. The molecule has 1 amide bonds. The molecule has 2 rings (SSSR count). The molecule has 88 valence electrons. The maximum atomic E-state index is 11.8. The topological polar surface area (TPSA) is 57.8 Å². The van der Waals surface area contributed by atoms with Crippen molar-refractivity contribution in [1.29, 1.82) is 0 Å². The molecule has 0 aliphatic heterocycles. The van der Waals surface area contributed by atoms with Gasteiger partial charge in [0.2, 0.25) is 0 Å². The molecule has 1 aromatic heterocycles. The lowest BCUT2D eigenvalue weighted by Crippen LogP contribution is -2.12. The summed E-state index contributed by atoms with van der Waals surface area (Å²) >= 11 is 0. The Morgan fingerprint density at radius 2 is 2.24 bits per heavy atom. The fourth-order valence-corrected chi connectivity index (χ4v) is 1.56. The minimum atomic E-state index is -0.202. The van der Waals surface area contributed by atoms with Crippen LogP contribution in [0.3, 0.4) is 0 Å². The van der Waals surface area contributed by atoms with Crippen molar-refractivity contribution in [3.63, 3.8) is 0 Å². The highest BCUT2D eigenvalue weighted by molar-refractivity contribution is 6.02. The monoisotopic (exact) mass is 229 g/mol. The summed E-state index contributed by atoms with van der Waals surface area (Å²) in [6.07, 6.45) is 3.06. The predicted octanol–water partition coefficient (Wildman–Crippen LogP) is 2.79. The van der Waals surface area contributed by atoms with Gasteiger partial charge < -0.3 is 10.3 Å². The molecule has 0 spiro atoms. The number of aromatic amines is 1. The second kappa shape index (κ2) is 4.82. The molecular formula is C13H15N3O. The third-order valence-electron chi connectivity index (χ3n) is 2.54. The van der Waals surface area contributed by atoms with E-state index in [9.17, 15) is 4.79 Å². The number of nitrogens with zero attached hydrogens (tertiary/aromatic N) is 1. The van der Waals surface area contributed by atoms with Crippen LogP contribution < -0.4 is 5.32 Å². The van der Waals surface area contributed by atoms with E-state index in [-0.39, 0.29) is 5.91 Å². The Morgan fingerprint density at radius 3 is 2.88 bits per heavy atom. The molecule has 0 bridgehead atoms. The molecule has 1 heterocycles. The van der Waals surface area contributed by atoms with E-state index in [0.717, 1.165) is 5.69 Å². The molecule has 0 unspecified atom stereocenters. The van der Waals surface area contributed by atoms with Crippen molar-refractivity contribution in [2.45, 2.75) is 19.8 Å². The Balaban J connectivity index is 2.14. The fraction of sp³-hybridized carbons (Fsp3) is 0.231. The third kappa shape index (κ3) is 2.72. The van der Waals surface area contributed by atoms with Gasteiger partial charge in [-0.25, -0.2) is 4.98 Å². The zero-order valence-corrected chi connectivity index (χ0v) is 9.90. The highest BCUT2D eigenvalue weighted by Gasteiger charge is 2.08. The van der Waals surface area contributed by atoms with Crippen LogP contribution in [0.5, 0.6) is 0 Å². The summed E-state index contributed by atoms with van der Waals surface area (Å²) < 4.78 is 0. The molecule has 1 aromatic carbocycles. The summed E-state index contributed by atoms with van der Waals surface area (Å²) in [7, 11) is 0. The number of nitrogens with one attached hydrogen (secondary N) is 2. The van der Waals surface area contributed by atoms with Crippen LogP contribution >= 0.6 is 0 Å². The summed E-state index contributed by atoms with van der Waals surface area (Å²) in [4.78, 5) is 18.4. The molecular weight excluding hydrogens is 214 g/mol. The van der Waals surface area contributed by atoms with Crippen molar-refractivity contribution in [2.24, 2.45) is 0 Å². The largest absolute Gasteiger partial charge is 0.350 e. The van der Waals surface area contributed by atoms with Gasteiger partial charge in [0.15, 0.2) is 0 Å². The van der Waals surface area contributed by atoms with E-state index in [1.807, 2.05) is 18.2 Å². The number of H-pyrrole nitrogens is 1. The van der Waals surface area contributed by atoms with Crippen molar-refractivity contribution in [3.05, 3.63) is 48.0 Å². The second-order valence-electron chi connectivity index (χ2n) is 4.19. The number of benzene rings is 1. The molecule has 0 radical (unpaired) electrons. The SMILES string of the molecule is CC(C)c1cccc(NC(=O)c2c[nH]cn2)c1. The standard InChI is InChI=1S/C13H15N3O/c1-9(2)10-4-3-5-11(6-10)16-13(17)12-7-14-8-15-12/h3-9H,1-2H3,(H,14,15)(H,16,17). The molecule has 17 heavy (non-hydrogen) atoms. The first kappa shape index (κ1) is 11.4. The van der Waals surface area contributed by atoms with Crippen LogP contribution in [0.2, 0.25) is 0 Å². The zero-order chi connectivity index (χ0) is 12.3. The fourth-order valence-electron chi connectivity index (χ4n) is 1.56. The van der Waals surface area contributed by atoms with Gasteiger partial charge in [-0.1, -0.05) is 26.0 Å². The van der Waals surface area contributed by atoms with Gasteiger partial charge in [0, 0.05) is 11.9 Å². The summed E-state index contributed by atoms with van der Waals surface area (Å²) in [5.74, 6) is 0.240. The molecule has 0 atom stereocenters. The van der Waals surface area contributed by atoms with E-state index < -0.39 is 0 Å². The molecule has 0 saturated heterocycles. The third-order valence-corrected chi connectivity index (χ3v) is 2.54. The lowest BCUT2D eigenvalue weighted by molar-refractivity contribution is 0.102. The Morgan fingerprint density at radius 1 is 1.41 bits per heavy atom. The number of carbonyl (C=O) groups is 1. The van der Waals surface area contributed by atoms with Crippen LogP contribution in [0.15, 0.2) is 36.8 Å². The van der Waals surface area contributed by atoms with Crippen molar-refractivity contribution in [3.8, 4) is 0 Å². The summed E-state index contributed by atoms with van der Waals surface area (Å²) in [6, 6.07) is 7.84. The number of carbonyl (C=O) groups excluding carboxylic acids is 1. The minimum Gasteiger partial charge on any atom is -0.350 e. The van der Waals surface area contributed by atoms with Crippen LogP contribution in [0.25, 0.3) is 0 Å². The predicted molar refractivity (Wildman–Crippen MR) is 67.1 cm³/mol. The van der Waals surface area contributed by atoms with Crippen LogP contribution in [0.1, 0.15) is 35.8 Å². The smallest absolute Gasteiger partial charge is 0.275 e. The molecule has 2 aromatic rings. The molecule has 0 fully saturated rings. The van der Waals surface area contributed by atoms with Gasteiger partial charge >= 0.3 is 0 Å². The quantitative estimate of drug-likeness (QED) is 0.850. The normalized spacial score (nSPS) is 10.5. The summed E-state index contributed by atoms with van der Waals surface area (Å²) in [5, 5.41) is 2.82. The van der Waals surface area contributed by atoms with Gasteiger partial charge in [0.25, 0.3) is 5.91 Å². The van der Waals surface area contributed by atoms with Gasteiger partial charge in [-0.15, -0.1) is 0 Å². The lowest BCUT2D eigenvalue weighted by atomic mass is 10.0. The first-order valence-corrected chi connectivity index (χ1v) is 5.57. The van der Waals surface area contributed by atoms with Gasteiger partial charge in [0.05, 0.1) is 6.33 Å². The number of anilines is 1. The first-order valence-electron chi connectivity index (χ1n) is 5.57. The molecule has 2 N–H and O–H groups in total. The minimum absolute atomic E-state index is 0.202. The summed E-state index contributed by atoms with van der Waals surface area (Å²) in [5.41, 5.74) is 2.38. The Labute approximate surface area is 100 Å². The number of rotatable bonds is 3. The molecule has 0 saturated carbocycles. The van der Waals surface area contributed by atoms with Crippen LogP contribution in [0.4, 0.5) is 5.69 Å². The van der Waals surface area contributed by atoms with Gasteiger partial charge in [-0.2, -0.15) is 0 Å². The maximum Gasteiger partial charge on any atom is 0.275 e. The van der Waals surface area contributed by atoms with Crippen molar-refractivity contribution in [2.75, 3.05) is 5.32 Å². The molecule has 4 nitrogen and oxygen atoms in total. The molecule has 4 heteroatoms. The van der Waals surface area contributed by atoms with Crippen molar-refractivity contribution < 1.29 is 4.79 Å². The van der Waals surface area contributed by atoms with E-state index in [4.69, 9.17) is 0 Å². The Hall–Kier alpha value is -2.10. The number of imidazole rings is 1. The number of hydrogen-bond donors (Lipinski definition) is 2. The van der Waals surface area contributed by atoms with Crippen molar-refractivity contribution in [1.82, 2.24) is 9.97 Å². The van der Waals surface area contributed by atoms with Crippen LogP contribution in [0, 0.1) is 0 Å². The van der Waals surface area contributed by atoms with Crippen LogP contribution in [-0.2, 0) is 0 Å². The highest BCUT2D eigenvalue weighted by Crippen LogP contribution is 2.18. The number of amides is 1.